The highest BCUT2D eigenvalue weighted by atomic mass is 16.5. The van der Waals surface area contributed by atoms with Gasteiger partial charge in [0.15, 0.2) is 6.54 Å². The van der Waals surface area contributed by atoms with Gasteiger partial charge >= 0.3 is 6.03 Å². The third kappa shape index (κ3) is 3.87. The van der Waals surface area contributed by atoms with E-state index in [1.807, 2.05) is 42.5 Å². The van der Waals surface area contributed by atoms with E-state index in [-0.39, 0.29) is 12.5 Å². The zero-order valence-corrected chi connectivity index (χ0v) is 17.1. The Bertz CT molecular complexity index is 967. The van der Waals surface area contributed by atoms with Gasteiger partial charge < -0.3 is 10.5 Å². The molecule has 4 rings (SSSR count). The maximum atomic E-state index is 13.5. The van der Waals surface area contributed by atoms with Crippen LogP contribution in [-0.4, -0.2) is 41.1 Å². The molecular formula is C23H26N4O3. The lowest BCUT2D eigenvalue weighted by Crippen LogP contribution is -2.49. The molecule has 0 aromatic heterocycles. The van der Waals surface area contributed by atoms with Crippen molar-refractivity contribution in [2.45, 2.75) is 32.1 Å². The molecule has 1 aliphatic heterocycles. The number of para-hydroxylation sites is 2. The van der Waals surface area contributed by atoms with Crippen molar-refractivity contribution in [1.29, 1.82) is 0 Å². The van der Waals surface area contributed by atoms with Gasteiger partial charge in [0.2, 0.25) is 11.6 Å². The molecule has 1 fully saturated rings. The first-order chi connectivity index (χ1) is 14.6. The number of hydrazone groups is 1. The van der Waals surface area contributed by atoms with Crippen LogP contribution < -0.4 is 10.2 Å². The first-order valence-corrected chi connectivity index (χ1v) is 10.4. The number of carbonyl (C=O) groups is 2. The third-order valence-corrected chi connectivity index (χ3v) is 5.82. The summed E-state index contributed by atoms with van der Waals surface area (Å²) in [7, 11) is 1.64. The lowest BCUT2D eigenvalue weighted by Gasteiger charge is -2.25. The smallest absolute Gasteiger partial charge is 0.378 e. The second kappa shape index (κ2) is 8.57. The van der Waals surface area contributed by atoms with Crippen LogP contribution in [0.15, 0.2) is 54.6 Å². The molecule has 0 unspecified atom stereocenters. The fraction of sp³-hybridized carbons (Fsp3) is 0.348. The number of hydrogen-bond donors (Lipinski definition) is 1. The summed E-state index contributed by atoms with van der Waals surface area (Å²) >= 11 is 0. The van der Waals surface area contributed by atoms with Crippen molar-refractivity contribution in [3.63, 3.8) is 0 Å². The number of rotatable bonds is 4. The van der Waals surface area contributed by atoms with E-state index in [1.54, 1.807) is 19.2 Å². The van der Waals surface area contributed by atoms with Crippen molar-refractivity contribution in [2.24, 2.45) is 5.92 Å². The Labute approximate surface area is 176 Å². The number of nitrogens with one attached hydrogen (secondary N) is 1. The summed E-state index contributed by atoms with van der Waals surface area (Å²) in [6.45, 7) is -0.355. The number of carbonyl (C=O) groups excluding carboxylic acids is 2. The second-order valence-corrected chi connectivity index (χ2v) is 7.82. The molecule has 2 aromatic rings. The quantitative estimate of drug-likeness (QED) is 0.616. The van der Waals surface area contributed by atoms with Crippen LogP contribution in [0, 0.1) is 11.1 Å². The van der Waals surface area contributed by atoms with Crippen molar-refractivity contribution < 1.29 is 14.4 Å². The van der Waals surface area contributed by atoms with Crippen molar-refractivity contribution in [2.75, 3.05) is 23.8 Å². The van der Waals surface area contributed by atoms with Crippen LogP contribution in [0.1, 0.15) is 37.7 Å². The molecule has 1 aliphatic carbocycles. The van der Waals surface area contributed by atoms with Crippen LogP contribution in [0.3, 0.4) is 0 Å². The van der Waals surface area contributed by atoms with Crippen molar-refractivity contribution in [3.8, 4) is 0 Å². The van der Waals surface area contributed by atoms with E-state index in [2.05, 4.69) is 5.32 Å². The normalized spacial score (nSPS) is 17.6. The number of nitrogens with zero attached hydrogens (tertiary/aromatic N) is 3. The molecule has 1 heterocycles. The molecule has 0 saturated heterocycles. The second-order valence-electron chi connectivity index (χ2n) is 7.82. The van der Waals surface area contributed by atoms with Crippen LogP contribution in [0.2, 0.25) is 0 Å². The van der Waals surface area contributed by atoms with Gasteiger partial charge in [-0.05, 0) is 37.1 Å². The average molecular weight is 406 g/mol. The number of urea groups is 1. The molecular weight excluding hydrogens is 380 g/mol. The molecule has 156 valence electrons. The van der Waals surface area contributed by atoms with Gasteiger partial charge in [-0.25, -0.2) is 4.79 Å². The summed E-state index contributed by atoms with van der Waals surface area (Å²) in [6, 6.07) is 15.9. The monoisotopic (exact) mass is 406 g/mol. The molecule has 3 amide bonds. The van der Waals surface area contributed by atoms with E-state index in [0.717, 1.165) is 42.7 Å². The molecule has 30 heavy (non-hydrogen) atoms. The number of anilines is 2. The standard InChI is InChI=1S/C23H26N4O3/c1-25-20-15-9-8-14-19(20)22(17-10-4-2-5-11-17)27(30)26(23(25)29)16-21(28)24-18-12-6-3-7-13-18/h3,6-9,12-15,17H,2,4-5,10-11,16H2,1H3,(H,24,28). The molecule has 0 radical (unpaired) electrons. The van der Waals surface area contributed by atoms with Crippen molar-refractivity contribution in [1.82, 2.24) is 5.01 Å². The predicted molar refractivity (Wildman–Crippen MR) is 116 cm³/mol. The van der Waals surface area contributed by atoms with Crippen LogP contribution in [0.25, 0.3) is 0 Å². The number of benzene rings is 2. The molecule has 0 atom stereocenters. The summed E-state index contributed by atoms with van der Waals surface area (Å²) in [5.41, 5.74) is 2.65. The first-order valence-electron chi connectivity index (χ1n) is 10.4. The lowest BCUT2D eigenvalue weighted by molar-refractivity contribution is -0.611. The zero-order chi connectivity index (χ0) is 21.1. The van der Waals surface area contributed by atoms with Crippen LogP contribution in [-0.2, 0) is 4.79 Å². The highest BCUT2D eigenvalue weighted by Gasteiger charge is 2.39. The zero-order valence-electron chi connectivity index (χ0n) is 17.1. The predicted octanol–water partition coefficient (Wildman–Crippen LogP) is 3.99. The Hall–Kier alpha value is -3.35. The number of fused-ring (bicyclic) bond motifs is 1. The van der Waals surface area contributed by atoms with Crippen LogP contribution >= 0.6 is 0 Å². The van der Waals surface area contributed by atoms with Gasteiger partial charge in [0.05, 0.1) is 11.3 Å². The maximum Gasteiger partial charge on any atom is 0.378 e. The van der Waals surface area contributed by atoms with E-state index in [4.69, 9.17) is 0 Å². The van der Waals surface area contributed by atoms with Crippen molar-refractivity contribution in [3.05, 3.63) is 65.4 Å². The Morgan fingerprint density at radius 2 is 1.73 bits per heavy atom. The number of amides is 3. The highest BCUT2D eigenvalue weighted by molar-refractivity contribution is 6.09. The van der Waals surface area contributed by atoms with Gasteiger partial charge in [-0.2, -0.15) is 0 Å². The van der Waals surface area contributed by atoms with Gasteiger partial charge in [0, 0.05) is 18.7 Å². The summed E-state index contributed by atoms with van der Waals surface area (Å²) < 4.78 is 0. The van der Waals surface area contributed by atoms with Gasteiger partial charge in [-0.3, -0.25) is 9.69 Å². The third-order valence-electron chi connectivity index (χ3n) is 5.82. The molecule has 2 aromatic carbocycles. The minimum Gasteiger partial charge on any atom is -0.596 e. The number of hydrogen-bond acceptors (Lipinski definition) is 3. The molecule has 7 heteroatoms. The fourth-order valence-electron chi connectivity index (χ4n) is 4.31. The van der Waals surface area contributed by atoms with Gasteiger partial charge in [0.25, 0.3) is 0 Å². The number of hydrazine groups is 1. The Kier molecular flexibility index (Phi) is 5.70. The fourth-order valence-corrected chi connectivity index (χ4v) is 4.31. The molecule has 0 bridgehead atoms. The molecule has 7 nitrogen and oxygen atoms in total. The van der Waals surface area contributed by atoms with Crippen LogP contribution in [0.4, 0.5) is 16.2 Å². The Morgan fingerprint density at radius 1 is 1.07 bits per heavy atom. The molecule has 0 spiro atoms. The summed E-state index contributed by atoms with van der Waals surface area (Å²) in [5, 5.41) is 17.3. The summed E-state index contributed by atoms with van der Waals surface area (Å²) in [4.78, 5) is 27.9. The summed E-state index contributed by atoms with van der Waals surface area (Å²) in [5.74, 6) is -0.353. The van der Waals surface area contributed by atoms with Gasteiger partial charge in [-0.15, -0.1) is 0 Å². The van der Waals surface area contributed by atoms with Crippen molar-refractivity contribution >= 4 is 29.0 Å². The average Bonchev–Trinajstić information content (AvgIpc) is 2.85. The minimum atomic E-state index is -0.522. The SMILES string of the molecule is CN1C(=O)N(CC(=O)Nc2ccccc2)[N+]([O-])=C(C2CCCCC2)c2ccccc21. The van der Waals surface area contributed by atoms with E-state index in [1.165, 1.54) is 4.90 Å². The maximum absolute atomic E-state index is 13.5. The minimum absolute atomic E-state index is 0.0661. The van der Waals surface area contributed by atoms with Gasteiger partial charge in [-0.1, -0.05) is 59.5 Å². The summed E-state index contributed by atoms with van der Waals surface area (Å²) in [6.07, 6.45) is 5.09. The largest absolute Gasteiger partial charge is 0.596 e. The molecule has 2 aliphatic rings. The molecule has 1 saturated carbocycles. The lowest BCUT2D eigenvalue weighted by atomic mass is 9.83. The highest BCUT2D eigenvalue weighted by Crippen LogP contribution is 2.33. The molecule has 1 N–H and O–H groups in total. The van der Waals surface area contributed by atoms with E-state index in [9.17, 15) is 14.8 Å². The topological polar surface area (TPSA) is 78.7 Å². The van der Waals surface area contributed by atoms with Crippen LogP contribution in [0.5, 0.6) is 0 Å². The Morgan fingerprint density at radius 3 is 2.47 bits per heavy atom. The van der Waals surface area contributed by atoms with E-state index < -0.39 is 11.9 Å². The van der Waals surface area contributed by atoms with Gasteiger partial charge in [0.1, 0.15) is 0 Å². The van der Waals surface area contributed by atoms with E-state index in [0.29, 0.717) is 21.9 Å². The first kappa shape index (κ1) is 19.9. The Balaban J connectivity index is 1.70. The van der Waals surface area contributed by atoms with E-state index >= 15 is 0 Å².